The highest BCUT2D eigenvalue weighted by atomic mass is 79.9. The molecule has 0 aromatic heterocycles. The number of benzene rings is 1. The monoisotopic (exact) mass is 269 g/mol. The SMILES string of the molecule is OC1CCNC(Cc2ccc(Br)cc2)C1. The zero-order chi connectivity index (χ0) is 10.7. The van der Waals surface area contributed by atoms with E-state index in [0.717, 1.165) is 30.3 Å². The lowest BCUT2D eigenvalue weighted by Gasteiger charge is -2.27. The van der Waals surface area contributed by atoms with Crippen LogP contribution in [-0.2, 0) is 6.42 Å². The summed E-state index contributed by atoms with van der Waals surface area (Å²) in [4.78, 5) is 0. The smallest absolute Gasteiger partial charge is 0.0567 e. The van der Waals surface area contributed by atoms with Gasteiger partial charge < -0.3 is 10.4 Å². The van der Waals surface area contributed by atoms with Crippen molar-refractivity contribution in [2.24, 2.45) is 0 Å². The molecule has 3 heteroatoms. The van der Waals surface area contributed by atoms with Crippen LogP contribution in [0.5, 0.6) is 0 Å². The van der Waals surface area contributed by atoms with Crippen LogP contribution in [0.3, 0.4) is 0 Å². The maximum Gasteiger partial charge on any atom is 0.0567 e. The third-order valence-electron chi connectivity index (χ3n) is 2.86. The molecular weight excluding hydrogens is 254 g/mol. The second kappa shape index (κ2) is 5.10. The molecule has 82 valence electrons. The standard InChI is InChI=1S/C12H16BrNO/c13-10-3-1-9(2-4-10)7-11-8-12(15)5-6-14-11/h1-4,11-12,14-15H,5-8H2. The fraction of sp³-hybridized carbons (Fsp3) is 0.500. The fourth-order valence-electron chi connectivity index (χ4n) is 2.04. The molecule has 1 heterocycles. The number of hydrogen-bond donors (Lipinski definition) is 2. The van der Waals surface area contributed by atoms with E-state index < -0.39 is 0 Å². The highest BCUT2D eigenvalue weighted by molar-refractivity contribution is 9.10. The van der Waals surface area contributed by atoms with E-state index in [0.29, 0.717) is 6.04 Å². The number of aliphatic hydroxyl groups is 1. The van der Waals surface area contributed by atoms with E-state index in [2.05, 4.69) is 45.5 Å². The predicted molar refractivity (Wildman–Crippen MR) is 64.9 cm³/mol. The van der Waals surface area contributed by atoms with Crippen LogP contribution in [0.2, 0.25) is 0 Å². The van der Waals surface area contributed by atoms with Gasteiger partial charge in [-0.1, -0.05) is 28.1 Å². The lowest BCUT2D eigenvalue weighted by molar-refractivity contribution is 0.116. The number of rotatable bonds is 2. The zero-order valence-electron chi connectivity index (χ0n) is 8.62. The molecule has 1 aromatic carbocycles. The van der Waals surface area contributed by atoms with E-state index in [-0.39, 0.29) is 6.10 Å². The summed E-state index contributed by atoms with van der Waals surface area (Å²) < 4.78 is 1.11. The van der Waals surface area contributed by atoms with Gasteiger partial charge in [-0.15, -0.1) is 0 Å². The van der Waals surface area contributed by atoms with Crippen LogP contribution >= 0.6 is 15.9 Å². The van der Waals surface area contributed by atoms with Crippen molar-refractivity contribution in [1.29, 1.82) is 0 Å². The Morgan fingerprint density at radius 3 is 2.73 bits per heavy atom. The van der Waals surface area contributed by atoms with Crippen molar-refractivity contribution >= 4 is 15.9 Å². The molecule has 0 saturated carbocycles. The fourth-order valence-corrected chi connectivity index (χ4v) is 2.31. The Kier molecular flexibility index (Phi) is 3.78. The van der Waals surface area contributed by atoms with E-state index in [4.69, 9.17) is 0 Å². The van der Waals surface area contributed by atoms with Crippen molar-refractivity contribution in [3.05, 3.63) is 34.3 Å². The topological polar surface area (TPSA) is 32.3 Å². The molecule has 2 N–H and O–H groups in total. The average molecular weight is 270 g/mol. The molecule has 0 spiro atoms. The molecule has 2 unspecified atom stereocenters. The van der Waals surface area contributed by atoms with Crippen molar-refractivity contribution in [1.82, 2.24) is 5.32 Å². The molecule has 1 aliphatic rings. The highest BCUT2D eigenvalue weighted by Gasteiger charge is 2.19. The summed E-state index contributed by atoms with van der Waals surface area (Å²) in [6.45, 7) is 0.933. The minimum Gasteiger partial charge on any atom is -0.393 e. The first-order chi connectivity index (χ1) is 7.24. The van der Waals surface area contributed by atoms with Gasteiger partial charge in [0.2, 0.25) is 0 Å². The van der Waals surface area contributed by atoms with Gasteiger partial charge in [-0.25, -0.2) is 0 Å². The molecule has 1 saturated heterocycles. The number of aliphatic hydroxyl groups excluding tert-OH is 1. The highest BCUT2D eigenvalue weighted by Crippen LogP contribution is 2.15. The van der Waals surface area contributed by atoms with Gasteiger partial charge in [0.1, 0.15) is 0 Å². The van der Waals surface area contributed by atoms with Crippen molar-refractivity contribution in [2.45, 2.75) is 31.4 Å². The van der Waals surface area contributed by atoms with E-state index in [1.165, 1.54) is 5.56 Å². The van der Waals surface area contributed by atoms with Gasteiger partial charge in [-0.2, -0.15) is 0 Å². The summed E-state index contributed by atoms with van der Waals surface area (Å²) in [5, 5.41) is 13.0. The summed E-state index contributed by atoms with van der Waals surface area (Å²) in [7, 11) is 0. The van der Waals surface area contributed by atoms with E-state index in [9.17, 15) is 5.11 Å². The molecule has 1 fully saturated rings. The minimum absolute atomic E-state index is 0.119. The first kappa shape index (κ1) is 11.1. The lowest BCUT2D eigenvalue weighted by atomic mass is 9.96. The Bertz CT molecular complexity index is 312. The summed E-state index contributed by atoms with van der Waals surface area (Å²) in [5.41, 5.74) is 1.32. The molecule has 2 atom stereocenters. The maximum absolute atomic E-state index is 9.55. The van der Waals surface area contributed by atoms with Gasteiger partial charge in [0, 0.05) is 10.5 Å². The Balaban J connectivity index is 1.93. The molecular formula is C12H16BrNO. The molecule has 1 aromatic rings. The summed E-state index contributed by atoms with van der Waals surface area (Å²) in [6.07, 6.45) is 2.64. The lowest BCUT2D eigenvalue weighted by Crippen LogP contribution is -2.41. The van der Waals surface area contributed by atoms with Crippen LogP contribution < -0.4 is 5.32 Å². The molecule has 15 heavy (non-hydrogen) atoms. The van der Waals surface area contributed by atoms with E-state index in [1.807, 2.05) is 0 Å². The molecule has 0 radical (unpaired) electrons. The number of hydrogen-bond acceptors (Lipinski definition) is 2. The number of nitrogens with one attached hydrogen (secondary N) is 1. The second-order valence-corrected chi connectivity index (χ2v) is 5.08. The Morgan fingerprint density at radius 1 is 1.33 bits per heavy atom. The summed E-state index contributed by atoms with van der Waals surface area (Å²) in [5.74, 6) is 0. The van der Waals surface area contributed by atoms with Gasteiger partial charge in [0.25, 0.3) is 0 Å². The maximum atomic E-state index is 9.55. The zero-order valence-corrected chi connectivity index (χ0v) is 10.2. The third-order valence-corrected chi connectivity index (χ3v) is 3.39. The predicted octanol–water partition coefficient (Wildman–Crippen LogP) is 2.10. The summed E-state index contributed by atoms with van der Waals surface area (Å²) in [6, 6.07) is 8.82. The minimum atomic E-state index is -0.119. The van der Waals surface area contributed by atoms with Gasteiger partial charge in [0.15, 0.2) is 0 Å². The van der Waals surface area contributed by atoms with E-state index >= 15 is 0 Å². The second-order valence-electron chi connectivity index (χ2n) is 4.16. The molecule has 2 nitrogen and oxygen atoms in total. The summed E-state index contributed by atoms with van der Waals surface area (Å²) >= 11 is 3.42. The first-order valence-corrected chi connectivity index (χ1v) is 6.19. The number of piperidine rings is 1. The molecule has 0 amide bonds. The first-order valence-electron chi connectivity index (χ1n) is 5.40. The molecule has 0 aliphatic carbocycles. The Hall–Kier alpha value is -0.380. The van der Waals surface area contributed by atoms with Crippen molar-refractivity contribution in [3.63, 3.8) is 0 Å². The van der Waals surface area contributed by atoms with Crippen LogP contribution in [0.25, 0.3) is 0 Å². The van der Waals surface area contributed by atoms with Crippen LogP contribution in [0.4, 0.5) is 0 Å². The molecule has 2 rings (SSSR count). The Labute approximate surface area is 98.8 Å². The largest absolute Gasteiger partial charge is 0.393 e. The van der Waals surface area contributed by atoms with Crippen molar-refractivity contribution < 1.29 is 5.11 Å². The van der Waals surface area contributed by atoms with Crippen LogP contribution in [0.15, 0.2) is 28.7 Å². The third kappa shape index (κ3) is 3.30. The van der Waals surface area contributed by atoms with Crippen LogP contribution in [-0.4, -0.2) is 23.8 Å². The van der Waals surface area contributed by atoms with Crippen LogP contribution in [0.1, 0.15) is 18.4 Å². The normalized spacial score (nSPS) is 26.5. The molecule has 1 aliphatic heterocycles. The Morgan fingerprint density at radius 2 is 2.07 bits per heavy atom. The van der Waals surface area contributed by atoms with Gasteiger partial charge in [-0.3, -0.25) is 0 Å². The van der Waals surface area contributed by atoms with E-state index in [1.54, 1.807) is 0 Å². The number of halogens is 1. The van der Waals surface area contributed by atoms with Gasteiger partial charge in [0.05, 0.1) is 6.10 Å². The van der Waals surface area contributed by atoms with Crippen LogP contribution in [0, 0.1) is 0 Å². The van der Waals surface area contributed by atoms with Gasteiger partial charge >= 0.3 is 0 Å². The average Bonchev–Trinajstić information content (AvgIpc) is 2.22. The van der Waals surface area contributed by atoms with Crippen molar-refractivity contribution in [3.8, 4) is 0 Å². The van der Waals surface area contributed by atoms with Crippen molar-refractivity contribution in [2.75, 3.05) is 6.54 Å². The van der Waals surface area contributed by atoms with Gasteiger partial charge in [-0.05, 0) is 43.5 Å². The molecule has 0 bridgehead atoms. The quantitative estimate of drug-likeness (QED) is 0.862.